The van der Waals surface area contributed by atoms with Gasteiger partial charge < -0.3 is 5.11 Å². The van der Waals surface area contributed by atoms with Gasteiger partial charge in [0, 0.05) is 18.3 Å². The van der Waals surface area contributed by atoms with E-state index in [1.807, 2.05) is 60.7 Å². The van der Waals surface area contributed by atoms with Gasteiger partial charge in [-0.15, -0.1) is 0 Å². The van der Waals surface area contributed by atoms with E-state index in [4.69, 9.17) is 0 Å². The van der Waals surface area contributed by atoms with Crippen molar-refractivity contribution in [2.24, 2.45) is 10.9 Å². The molecule has 0 heterocycles. The number of carboxylic acids is 1. The highest BCUT2D eigenvalue weighted by Crippen LogP contribution is 2.21. The number of nitrogens with zero attached hydrogens (tertiary/aromatic N) is 1. The maximum Gasteiger partial charge on any atom is 0.319 e. The van der Waals surface area contributed by atoms with Crippen LogP contribution in [-0.4, -0.2) is 29.6 Å². The number of fused-ring (bicyclic) bond motifs is 1. The summed E-state index contributed by atoms with van der Waals surface area (Å²) in [5, 5.41) is 11.2. The number of Topliss-reactive ketones (excluding diaryl/α,β-unsaturated/α-hetero) is 1. The number of aliphatic carboxylic acids is 1. The maximum absolute atomic E-state index is 12.8. The van der Waals surface area contributed by atoms with E-state index < -0.39 is 17.7 Å². The number of aryl methyl sites for hydroxylation is 1. The van der Waals surface area contributed by atoms with E-state index in [0.29, 0.717) is 12.1 Å². The van der Waals surface area contributed by atoms with Crippen LogP contribution in [0.4, 0.5) is 0 Å². The van der Waals surface area contributed by atoms with Gasteiger partial charge in [0.1, 0.15) is 0 Å². The molecule has 0 fully saturated rings. The summed E-state index contributed by atoms with van der Waals surface area (Å²) in [6.07, 6.45) is 2.94. The Labute approximate surface area is 158 Å². The molecule has 0 saturated heterocycles. The molecule has 3 rings (SSSR count). The van der Waals surface area contributed by atoms with Crippen molar-refractivity contribution in [2.45, 2.75) is 12.8 Å². The average Bonchev–Trinajstić information content (AvgIpc) is 2.70. The van der Waals surface area contributed by atoms with Crippen molar-refractivity contribution >= 4 is 28.7 Å². The summed E-state index contributed by atoms with van der Waals surface area (Å²) in [4.78, 5) is 28.6. The normalized spacial score (nSPS) is 12.3. The van der Waals surface area contributed by atoms with Crippen molar-refractivity contribution in [3.8, 4) is 0 Å². The minimum Gasteiger partial charge on any atom is -0.480 e. The molecule has 0 bridgehead atoms. The zero-order valence-electron chi connectivity index (χ0n) is 14.9. The van der Waals surface area contributed by atoms with E-state index in [1.54, 1.807) is 12.1 Å². The van der Waals surface area contributed by atoms with Gasteiger partial charge in [0.15, 0.2) is 11.7 Å². The van der Waals surface area contributed by atoms with Crippen molar-refractivity contribution in [3.05, 3.63) is 83.9 Å². The molecule has 1 unspecified atom stereocenters. The van der Waals surface area contributed by atoms with Crippen LogP contribution in [0.2, 0.25) is 0 Å². The van der Waals surface area contributed by atoms with Crippen LogP contribution >= 0.6 is 0 Å². The third kappa shape index (κ3) is 4.67. The van der Waals surface area contributed by atoms with Crippen LogP contribution in [0.5, 0.6) is 0 Å². The highest BCUT2D eigenvalue weighted by atomic mass is 16.4. The minimum absolute atomic E-state index is 0.413. The van der Waals surface area contributed by atoms with Crippen molar-refractivity contribution in [1.82, 2.24) is 0 Å². The van der Waals surface area contributed by atoms with Gasteiger partial charge in [0.2, 0.25) is 0 Å². The van der Waals surface area contributed by atoms with Gasteiger partial charge in [0.05, 0.1) is 0 Å². The molecule has 0 amide bonds. The molecular formula is C23H21NO3. The zero-order valence-corrected chi connectivity index (χ0v) is 14.9. The molecule has 0 saturated carbocycles. The Morgan fingerprint density at radius 3 is 2.41 bits per heavy atom. The molecule has 4 nitrogen and oxygen atoms in total. The lowest BCUT2D eigenvalue weighted by Crippen LogP contribution is -2.25. The second-order valence-corrected chi connectivity index (χ2v) is 6.35. The smallest absolute Gasteiger partial charge is 0.319 e. The summed E-state index contributed by atoms with van der Waals surface area (Å²) in [5.41, 5.74) is 1.63. The van der Waals surface area contributed by atoms with Crippen molar-refractivity contribution in [1.29, 1.82) is 0 Å². The number of carboxylic acid groups (broad SMARTS) is 1. The summed E-state index contributed by atoms with van der Waals surface area (Å²) in [6, 6.07) is 22.8. The fraction of sp³-hybridized carbons (Fsp3) is 0.174. The van der Waals surface area contributed by atoms with Crippen molar-refractivity contribution in [2.75, 3.05) is 6.54 Å². The van der Waals surface area contributed by atoms with Crippen LogP contribution in [0, 0.1) is 5.92 Å². The van der Waals surface area contributed by atoms with Crippen LogP contribution in [0.3, 0.4) is 0 Å². The van der Waals surface area contributed by atoms with E-state index in [9.17, 15) is 14.7 Å². The van der Waals surface area contributed by atoms with Gasteiger partial charge in [0.25, 0.3) is 0 Å². The third-order valence-corrected chi connectivity index (χ3v) is 4.45. The molecular weight excluding hydrogens is 338 g/mol. The average molecular weight is 359 g/mol. The molecule has 0 aliphatic heterocycles. The largest absolute Gasteiger partial charge is 0.480 e. The van der Waals surface area contributed by atoms with Crippen molar-refractivity contribution < 1.29 is 14.7 Å². The monoisotopic (exact) mass is 359 g/mol. The Morgan fingerprint density at radius 1 is 0.926 bits per heavy atom. The quantitative estimate of drug-likeness (QED) is 0.280. The van der Waals surface area contributed by atoms with Crippen LogP contribution in [0.25, 0.3) is 10.8 Å². The lowest BCUT2D eigenvalue weighted by molar-refractivity contribution is -0.137. The van der Waals surface area contributed by atoms with Crippen LogP contribution in [0.1, 0.15) is 22.3 Å². The lowest BCUT2D eigenvalue weighted by Gasteiger charge is -2.09. The summed E-state index contributed by atoms with van der Waals surface area (Å²) in [6.45, 7) is 0.488. The molecule has 0 radical (unpaired) electrons. The zero-order chi connectivity index (χ0) is 19.1. The molecule has 3 aromatic rings. The van der Waals surface area contributed by atoms with Gasteiger partial charge in [-0.1, -0.05) is 72.8 Å². The fourth-order valence-corrected chi connectivity index (χ4v) is 3.05. The molecule has 0 spiro atoms. The first-order valence-electron chi connectivity index (χ1n) is 8.95. The number of hydrogen-bond donors (Lipinski definition) is 1. The van der Waals surface area contributed by atoms with Gasteiger partial charge in [-0.2, -0.15) is 0 Å². The standard InChI is InChI=1S/C23H21NO3/c25-22(20-14-6-12-18-11-4-5-13-19(18)20)21(23(26)27)16-24-15-7-10-17-8-2-1-3-9-17/h1-6,8-9,11-14,16,21H,7,10,15H2,(H,26,27). The van der Waals surface area contributed by atoms with E-state index in [0.717, 1.165) is 23.6 Å². The van der Waals surface area contributed by atoms with Gasteiger partial charge in [-0.05, 0) is 29.2 Å². The Morgan fingerprint density at radius 2 is 1.63 bits per heavy atom. The van der Waals surface area contributed by atoms with Crippen LogP contribution in [-0.2, 0) is 11.2 Å². The Balaban J connectivity index is 1.69. The first kappa shape index (κ1) is 18.5. The van der Waals surface area contributed by atoms with Crippen molar-refractivity contribution in [3.63, 3.8) is 0 Å². The minimum atomic E-state index is -1.27. The number of benzene rings is 3. The van der Waals surface area contributed by atoms with Gasteiger partial charge >= 0.3 is 5.97 Å². The summed E-state index contributed by atoms with van der Waals surface area (Å²) >= 11 is 0. The number of hydrogen-bond acceptors (Lipinski definition) is 3. The first-order chi connectivity index (χ1) is 13.2. The number of carbonyl (C=O) groups is 2. The molecule has 0 aromatic heterocycles. The second-order valence-electron chi connectivity index (χ2n) is 6.35. The predicted molar refractivity (Wildman–Crippen MR) is 108 cm³/mol. The van der Waals surface area contributed by atoms with E-state index in [-0.39, 0.29) is 0 Å². The molecule has 0 aliphatic rings. The Hall–Kier alpha value is -3.27. The van der Waals surface area contributed by atoms with E-state index in [1.165, 1.54) is 11.8 Å². The molecule has 136 valence electrons. The summed E-state index contributed by atoms with van der Waals surface area (Å²) in [5.74, 6) is -2.89. The first-order valence-corrected chi connectivity index (χ1v) is 8.95. The Bertz CT molecular complexity index is 958. The number of ketones is 1. The molecule has 1 N–H and O–H groups in total. The lowest BCUT2D eigenvalue weighted by atomic mass is 9.94. The number of aliphatic imine (C=N–C) groups is 1. The van der Waals surface area contributed by atoms with Crippen LogP contribution < -0.4 is 0 Å². The maximum atomic E-state index is 12.8. The second kappa shape index (κ2) is 8.90. The topological polar surface area (TPSA) is 66.7 Å². The van der Waals surface area contributed by atoms with Gasteiger partial charge in [-0.3, -0.25) is 14.6 Å². The SMILES string of the molecule is O=C(O)C(C=NCCCc1ccccc1)C(=O)c1cccc2ccccc12. The highest BCUT2D eigenvalue weighted by molar-refractivity contribution is 6.22. The fourth-order valence-electron chi connectivity index (χ4n) is 3.05. The van der Waals surface area contributed by atoms with E-state index in [2.05, 4.69) is 4.99 Å². The summed E-state index contributed by atoms with van der Waals surface area (Å²) in [7, 11) is 0. The highest BCUT2D eigenvalue weighted by Gasteiger charge is 2.26. The molecule has 0 aliphatic carbocycles. The molecule has 27 heavy (non-hydrogen) atoms. The third-order valence-electron chi connectivity index (χ3n) is 4.45. The van der Waals surface area contributed by atoms with Crippen LogP contribution in [0.15, 0.2) is 77.8 Å². The Kier molecular flexibility index (Phi) is 6.10. The molecule has 3 aromatic carbocycles. The van der Waals surface area contributed by atoms with Gasteiger partial charge in [-0.25, -0.2) is 0 Å². The number of rotatable bonds is 8. The predicted octanol–water partition coefficient (Wildman–Crippen LogP) is 4.43. The molecule has 4 heteroatoms. The summed E-state index contributed by atoms with van der Waals surface area (Å²) < 4.78 is 0. The number of carbonyl (C=O) groups excluding carboxylic acids is 1. The molecule has 1 atom stereocenters. The van der Waals surface area contributed by atoms with E-state index >= 15 is 0 Å².